The lowest BCUT2D eigenvalue weighted by Crippen LogP contribution is -2.34. The van der Waals surface area contributed by atoms with Crippen LogP contribution < -0.4 is 4.74 Å². The van der Waals surface area contributed by atoms with Crippen LogP contribution in [0.25, 0.3) is 6.08 Å². The number of hydrogen-bond acceptors (Lipinski definition) is 4. The summed E-state index contributed by atoms with van der Waals surface area (Å²) in [5.74, 6) is 1.93. The lowest BCUT2D eigenvalue weighted by molar-refractivity contribution is 0.254. The van der Waals surface area contributed by atoms with Crippen molar-refractivity contribution in [2.75, 3.05) is 19.7 Å². The Hall–Kier alpha value is -2.20. The first-order chi connectivity index (χ1) is 12.0. The van der Waals surface area contributed by atoms with Crippen LogP contribution in [0.5, 0.6) is 5.75 Å². The Labute approximate surface area is 149 Å². The highest BCUT2D eigenvalue weighted by Crippen LogP contribution is 2.27. The normalized spacial score (nSPS) is 17.3. The fraction of sp³-hybridized carbons (Fsp3) is 0.429. The topological polar surface area (TPSA) is 38.2 Å². The minimum Gasteiger partial charge on any atom is -0.489 e. The molecule has 0 fully saturated rings. The molecular weight excluding hydrogens is 310 g/mol. The third kappa shape index (κ3) is 3.45. The van der Waals surface area contributed by atoms with E-state index in [2.05, 4.69) is 48.9 Å². The molecule has 3 heterocycles. The molecule has 0 atom stereocenters. The van der Waals surface area contributed by atoms with Crippen molar-refractivity contribution in [3.63, 3.8) is 0 Å². The number of rotatable bonds is 2. The molecule has 0 aliphatic carbocycles. The van der Waals surface area contributed by atoms with E-state index >= 15 is 0 Å². The molecular formula is C21H25N3O. The molecule has 2 aromatic rings. The van der Waals surface area contributed by atoms with Gasteiger partial charge in [0, 0.05) is 54.5 Å². The van der Waals surface area contributed by atoms with E-state index in [1.54, 1.807) is 0 Å². The van der Waals surface area contributed by atoms with Crippen LogP contribution in [0.4, 0.5) is 0 Å². The fourth-order valence-corrected chi connectivity index (χ4v) is 3.41. The van der Waals surface area contributed by atoms with E-state index in [9.17, 15) is 0 Å². The van der Waals surface area contributed by atoms with Gasteiger partial charge in [-0.25, -0.2) is 9.97 Å². The average molecular weight is 335 g/mol. The summed E-state index contributed by atoms with van der Waals surface area (Å²) in [4.78, 5) is 11.9. The first-order valence-corrected chi connectivity index (χ1v) is 8.98. The van der Waals surface area contributed by atoms with Crippen LogP contribution in [0.15, 0.2) is 36.0 Å². The van der Waals surface area contributed by atoms with Gasteiger partial charge in [-0.2, -0.15) is 0 Å². The first kappa shape index (κ1) is 16.3. The number of ether oxygens (including phenoxy) is 1. The van der Waals surface area contributed by atoms with Gasteiger partial charge < -0.3 is 4.74 Å². The van der Waals surface area contributed by atoms with Gasteiger partial charge in [0.25, 0.3) is 0 Å². The highest BCUT2D eigenvalue weighted by molar-refractivity contribution is 5.62. The molecule has 130 valence electrons. The number of benzene rings is 1. The van der Waals surface area contributed by atoms with E-state index < -0.39 is 0 Å². The molecule has 0 saturated heterocycles. The van der Waals surface area contributed by atoms with E-state index in [1.807, 2.05) is 18.3 Å². The summed E-state index contributed by atoms with van der Waals surface area (Å²) >= 11 is 0. The van der Waals surface area contributed by atoms with Gasteiger partial charge in [-0.1, -0.05) is 39.0 Å². The van der Waals surface area contributed by atoms with E-state index in [1.165, 1.54) is 22.4 Å². The standard InChI is InChI=1S/C21H25N3O/c1-21(2,3)20-22-11-17-13-24(9-8-18(17)23-20)12-15-10-16-6-4-5-7-19(16)25-14-15/h4-7,10-11H,8-9,12-14H2,1-3H3. The molecule has 0 amide bonds. The minimum absolute atomic E-state index is 0.00377. The number of para-hydroxylation sites is 1. The van der Waals surface area contributed by atoms with Crippen molar-refractivity contribution >= 4 is 6.08 Å². The van der Waals surface area contributed by atoms with Crippen molar-refractivity contribution < 1.29 is 4.74 Å². The SMILES string of the molecule is CC(C)(C)c1ncc2c(n1)CCN(CC1=Cc3ccccc3OC1)C2. The summed E-state index contributed by atoms with van der Waals surface area (Å²) in [6.07, 6.45) is 5.29. The molecule has 0 bridgehead atoms. The molecule has 2 aliphatic heterocycles. The quantitative estimate of drug-likeness (QED) is 0.840. The van der Waals surface area contributed by atoms with Gasteiger partial charge in [0.05, 0.1) is 0 Å². The highest BCUT2D eigenvalue weighted by atomic mass is 16.5. The van der Waals surface area contributed by atoms with Crippen LogP contribution in [-0.4, -0.2) is 34.6 Å². The number of nitrogens with zero attached hydrogens (tertiary/aromatic N) is 3. The molecule has 0 saturated carbocycles. The van der Waals surface area contributed by atoms with Crippen molar-refractivity contribution in [2.45, 2.75) is 39.2 Å². The average Bonchev–Trinajstić information content (AvgIpc) is 2.60. The molecule has 0 N–H and O–H groups in total. The zero-order chi connectivity index (χ0) is 17.4. The Balaban J connectivity index is 1.48. The predicted octanol–water partition coefficient (Wildman–Crippen LogP) is 3.61. The lowest BCUT2D eigenvalue weighted by atomic mass is 9.95. The number of hydrogen-bond donors (Lipinski definition) is 0. The van der Waals surface area contributed by atoms with Crippen molar-refractivity contribution in [1.29, 1.82) is 0 Å². The second kappa shape index (κ2) is 6.26. The van der Waals surface area contributed by atoms with E-state index in [0.29, 0.717) is 6.61 Å². The van der Waals surface area contributed by atoms with Gasteiger partial charge in [-0.15, -0.1) is 0 Å². The Morgan fingerprint density at radius 1 is 1.20 bits per heavy atom. The molecule has 0 spiro atoms. The van der Waals surface area contributed by atoms with Gasteiger partial charge in [-0.3, -0.25) is 4.90 Å². The third-order valence-electron chi connectivity index (χ3n) is 4.80. The van der Waals surface area contributed by atoms with Crippen LogP contribution in [0.2, 0.25) is 0 Å². The van der Waals surface area contributed by atoms with Crippen LogP contribution >= 0.6 is 0 Å². The molecule has 1 aromatic heterocycles. The van der Waals surface area contributed by atoms with Crippen LogP contribution in [-0.2, 0) is 18.4 Å². The third-order valence-corrected chi connectivity index (χ3v) is 4.80. The van der Waals surface area contributed by atoms with E-state index in [4.69, 9.17) is 9.72 Å². The van der Waals surface area contributed by atoms with E-state index in [0.717, 1.165) is 37.6 Å². The Kier molecular flexibility index (Phi) is 4.08. The maximum Gasteiger partial charge on any atom is 0.133 e. The molecule has 0 unspecified atom stereocenters. The molecule has 1 aromatic carbocycles. The van der Waals surface area contributed by atoms with E-state index in [-0.39, 0.29) is 5.41 Å². The predicted molar refractivity (Wildman–Crippen MR) is 99.6 cm³/mol. The van der Waals surface area contributed by atoms with Crippen molar-refractivity contribution in [3.8, 4) is 5.75 Å². The molecule has 4 heteroatoms. The summed E-state index contributed by atoms with van der Waals surface area (Å²) in [5, 5.41) is 0. The summed E-state index contributed by atoms with van der Waals surface area (Å²) in [6.45, 7) is 10.1. The summed E-state index contributed by atoms with van der Waals surface area (Å²) in [5.41, 5.74) is 4.99. The van der Waals surface area contributed by atoms with Gasteiger partial charge in [0.2, 0.25) is 0 Å². The van der Waals surface area contributed by atoms with Crippen molar-refractivity contribution in [3.05, 3.63) is 58.7 Å². The van der Waals surface area contributed by atoms with Crippen molar-refractivity contribution in [1.82, 2.24) is 14.9 Å². The van der Waals surface area contributed by atoms with Gasteiger partial charge >= 0.3 is 0 Å². The highest BCUT2D eigenvalue weighted by Gasteiger charge is 2.23. The molecule has 4 nitrogen and oxygen atoms in total. The molecule has 2 aliphatic rings. The monoisotopic (exact) mass is 335 g/mol. The van der Waals surface area contributed by atoms with Gasteiger partial charge in [0.1, 0.15) is 18.2 Å². The minimum atomic E-state index is 0.00377. The first-order valence-electron chi connectivity index (χ1n) is 8.98. The van der Waals surface area contributed by atoms with Crippen LogP contribution in [0, 0.1) is 0 Å². The molecule has 0 radical (unpaired) electrons. The maximum absolute atomic E-state index is 5.88. The summed E-state index contributed by atoms with van der Waals surface area (Å²) in [7, 11) is 0. The van der Waals surface area contributed by atoms with Gasteiger partial charge in [-0.05, 0) is 17.7 Å². The Morgan fingerprint density at radius 2 is 2.04 bits per heavy atom. The smallest absolute Gasteiger partial charge is 0.133 e. The number of fused-ring (bicyclic) bond motifs is 2. The van der Waals surface area contributed by atoms with Crippen LogP contribution in [0.1, 0.15) is 43.4 Å². The second-order valence-electron chi connectivity index (χ2n) is 8.01. The zero-order valence-electron chi connectivity index (χ0n) is 15.2. The Bertz CT molecular complexity index is 820. The van der Waals surface area contributed by atoms with Crippen LogP contribution in [0.3, 0.4) is 0 Å². The van der Waals surface area contributed by atoms with Gasteiger partial charge in [0.15, 0.2) is 0 Å². The summed E-state index contributed by atoms with van der Waals surface area (Å²) < 4.78 is 5.88. The van der Waals surface area contributed by atoms with Crippen molar-refractivity contribution in [2.24, 2.45) is 0 Å². The fourth-order valence-electron chi connectivity index (χ4n) is 3.41. The summed E-state index contributed by atoms with van der Waals surface area (Å²) in [6, 6.07) is 8.22. The lowest BCUT2D eigenvalue weighted by Gasteiger charge is -2.30. The molecule has 25 heavy (non-hydrogen) atoms. The number of aromatic nitrogens is 2. The molecule has 4 rings (SSSR count). The largest absolute Gasteiger partial charge is 0.489 e. The second-order valence-corrected chi connectivity index (χ2v) is 8.01. The maximum atomic E-state index is 5.88. The Morgan fingerprint density at radius 3 is 2.88 bits per heavy atom. The zero-order valence-corrected chi connectivity index (χ0v) is 15.2.